The molecule has 1 aromatic carbocycles. The van der Waals surface area contributed by atoms with E-state index in [4.69, 9.17) is 19.9 Å². The van der Waals surface area contributed by atoms with Gasteiger partial charge in [0.05, 0.1) is 25.2 Å². The van der Waals surface area contributed by atoms with E-state index in [-0.39, 0.29) is 0 Å². The summed E-state index contributed by atoms with van der Waals surface area (Å²) in [4.78, 5) is 0. The summed E-state index contributed by atoms with van der Waals surface area (Å²) in [6, 6.07) is 7.38. The van der Waals surface area contributed by atoms with Gasteiger partial charge in [-0.3, -0.25) is 0 Å². The van der Waals surface area contributed by atoms with Crippen LogP contribution in [0, 0.1) is 0 Å². The molecule has 0 saturated heterocycles. The molecular formula is C12H17NO3. The molecule has 0 aliphatic carbocycles. The average molecular weight is 223 g/mol. The Balaban J connectivity index is 2.07. The Hall–Kier alpha value is -1.68. The van der Waals surface area contributed by atoms with Crippen molar-refractivity contribution in [2.75, 3.05) is 32.2 Å². The number of benzene rings is 1. The lowest BCUT2D eigenvalue weighted by molar-refractivity contribution is 0.0655. The van der Waals surface area contributed by atoms with Crippen molar-refractivity contribution in [3.8, 4) is 5.75 Å². The SMILES string of the molecule is C=COCCOCCOc1ccccc1N. The number of para-hydroxylation sites is 2. The normalized spacial score (nSPS) is 9.75. The van der Waals surface area contributed by atoms with E-state index in [9.17, 15) is 0 Å². The van der Waals surface area contributed by atoms with Crippen molar-refractivity contribution in [1.29, 1.82) is 0 Å². The highest BCUT2D eigenvalue weighted by Gasteiger charge is 1.97. The maximum Gasteiger partial charge on any atom is 0.142 e. The number of nitrogen functional groups attached to an aromatic ring is 1. The van der Waals surface area contributed by atoms with E-state index in [0.717, 1.165) is 0 Å². The molecule has 16 heavy (non-hydrogen) atoms. The first-order valence-corrected chi connectivity index (χ1v) is 5.12. The summed E-state index contributed by atoms with van der Waals surface area (Å²) in [5, 5.41) is 0. The van der Waals surface area contributed by atoms with E-state index in [0.29, 0.717) is 37.9 Å². The zero-order chi connectivity index (χ0) is 11.6. The summed E-state index contributed by atoms with van der Waals surface area (Å²) >= 11 is 0. The summed E-state index contributed by atoms with van der Waals surface area (Å²) < 4.78 is 15.6. The van der Waals surface area contributed by atoms with Crippen molar-refractivity contribution in [1.82, 2.24) is 0 Å². The predicted octanol–water partition coefficient (Wildman–Crippen LogP) is 1.82. The molecule has 0 aliphatic rings. The van der Waals surface area contributed by atoms with Crippen LogP contribution in [0.5, 0.6) is 5.75 Å². The van der Waals surface area contributed by atoms with Crippen LogP contribution in [0.1, 0.15) is 0 Å². The molecule has 0 bridgehead atoms. The quantitative estimate of drug-likeness (QED) is 0.415. The summed E-state index contributed by atoms with van der Waals surface area (Å²) in [5.41, 5.74) is 6.34. The number of hydrogen-bond donors (Lipinski definition) is 1. The number of anilines is 1. The van der Waals surface area contributed by atoms with Crippen LogP contribution in [0.3, 0.4) is 0 Å². The third-order valence-electron chi connectivity index (χ3n) is 1.87. The first kappa shape index (κ1) is 12.4. The van der Waals surface area contributed by atoms with E-state index in [1.165, 1.54) is 6.26 Å². The van der Waals surface area contributed by atoms with E-state index in [1.54, 1.807) is 6.07 Å². The first-order valence-electron chi connectivity index (χ1n) is 5.12. The standard InChI is InChI=1S/C12H17NO3/c1-2-14-7-8-15-9-10-16-12-6-4-3-5-11(12)13/h2-6H,1,7-10,13H2. The van der Waals surface area contributed by atoms with Crippen molar-refractivity contribution in [2.45, 2.75) is 0 Å². The zero-order valence-corrected chi connectivity index (χ0v) is 9.22. The van der Waals surface area contributed by atoms with E-state index >= 15 is 0 Å². The molecule has 0 aliphatic heterocycles. The highest BCUT2D eigenvalue weighted by molar-refractivity contribution is 5.51. The molecule has 0 amide bonds. The fourth-order valence-corrected chi connectivity index (χ4v) is 1.11. The fourth-order valence-electron chi connectivity index (χ4n) is 1.11. The van der Waals surface area contributed by atoms with Crippen LogP contribution in [0.15, 0.2) is 37.1 Å². The molecule has 1 rings (SSSR count). The Morgan fingerprint density at radius 3 is 2.62 bits per heavy atom. The molecule has 0 aromatic heterocycles. The molecule has 0 spiro atoms. The monoisotopic (exact) mass is 223 g/mol. The Bertz CT molecular complexity index is 315. The van der Waals surface area contributed by atoms with E-state index < -0.39 is 0 Å². The van der Waals surface area contributed by atoms with Crippen molar-refractivity contribution in [2.24, 2.45) is 0 Å². The molecule has 2 N–H and O–H groups in total. The van der Waals surface area contributed by atoms with E-state index in [2.05, 4.69) is 6.58 Å². The lowest BCUT2D eigenvalue weighted by Gasteiger charge is -2.08. The topological polar surface area (TPSA) is 53.7 Å². The van der Waals surface area contributed by atoms with Gasteiger partial charge in [0, 0.05) is 0 Å². The van der Waals surface area contributed by atoms with Gasteiger partial charge in [0.15, 0.2) is 0 Å². The van der Waals surface area contributed by atoms with Gasteiger partial charge in [-0.2, -0.15) is 0 Å². The molecule has 0 heterocycles. The average Bonchev–Trinajstić information content (AvgIpc) is 2.30. The van der Waals surface area contributed by atoms with Crippen LogP contribution in [0.2, 0.25) is 0 Å². The molecule has 0 fully saturated rings. The van der Waals surface area contributed by atoms with Crippen molar-refractivity contribution in [3.63, 3.8) is 0 Å². The third-order valence-corrected chi connectivity index (χ3v) is 1.87. The van der Waals surface area contributed by atoms with Gasteiger partial charge in [-0.05, 0) is 12.1 Å². The number of nitrogens with two attached hydrogens (primary N) is 1. The molecule has 0 unspecified atom stereocenters. The van der Waals surface area contributed by atoms with Gasteiger partial charge < -0.3 is 19.9 Å². The summed E-state index contributed by atoms with van der Waals surface area (Å²) in [7, 11) is 0. The van der Waals surface area contributed by atoms with Crippen LogP contribution in [-0.4, -0.2) is 26.4 Å². The minimum atomic E-state index is 0.475. The minimum Gasteiger partial charge on any atom is -0.499 e. The fraction of sp³-hybridized carbons (Fsp3) is 0.333. The Labute approximate surface area is 95.6 Å². The number of hydrogen-bond acceptors (Lipinski definition) is 4. The number of ether oxygens (including phenoxy) is 3. The highest BCUT2D eigenvalue weighted by Crippen LogP contribution is 2.19. The summed E-state index contributed by atoms with van der Waals surface area (Å²) in [6.07, 6.45) is 1.39. The van der Waals surface area contributed by atoms with Gasteiger partial charge in [-0.25, -0.2) is 0 Å². The molecule has 88 valence electrons. The molecular weight excluding hydrogens is 206 g/mol. The van der Waals surface area contributed by atoms with Crippen LogP contribution in [0.4, 0.5) is 5.69 Å². The highest BCUT2D eigenvalue weighted by atomic mass is 16.5. The lowest BCUT2D eigenvalue weighted by Crippen LogP contribution is -2.10. The Morgan fingerprint density at radius 1 is 1.12 bits per heavy atom. The van der Waals surface area contributed by atoms with E-state index in [1.807, 2.05) is 18.2 Å². The number of rotatable bonds is 8. The second kappa shape index (κ2) is 7.59. The Morgan fingerprint density at radius 2 is 1.88 bits per heavy atom. The van der Waals surface area contributed by atoms with Gasteiger partial charge in [0.2, 0.25) is 0 Å². The first-order chi connectivity index (χ1) is 7.84. The van der Waals surface area contributed by atoms with Crippen LogP contribution < -0.4 is 10.5 Å². The van der Waals surface area contributed by atoms with Crippen molar-refractivity contribution < 1.29 is 14.2 Å². The molecule has 0 atom stereocenters. The third kappa shape index (κ3) is 4.70. The second-order valence-electron chi connectivity index (χ2n) is 3.04. The Kier molecular flexibility index (Phi) is 5.88. The zero-order valence-electron chi connectivity index (χ0n) is 9.22. The minimum absolute atomic E-state index is 0.475. The maximum atomic E-state index is 5.70. The second-order valence-corrected chi connectivity index (χ2v) is 3.04. The lowest BCUT2D eigenvalue weighted by atomic mass is 10.3. The molecule has 4 nitrogen and oxygen atoms in total. The maximum absolute atomic E-state index is 5.70. The summed E-state index contributed by atoms with van der Waals surface area (Å²) in [6.45, 7) is 5.45. The smallest absolute Gasteiger partial charge is 0.142 e. The van der Waals surface area contributed by atoms with Gasteiger partial charge in [0.25, 0.3) is 0 Å². The molecule has 1 aromatic rings. The molecule has 4 heteroatoms. The van der Waals surface area contributed by atoms with Crippen LogP contribution >= 0.6 is 0 Å². The summed E-state index contributed by atoms with van der Waals surface area (Å²) in [5.74, 6) is 0.688. The van der Waals surface area contributed by atoms with Crippen LogP contribution in [0.25, 0.3) is 0 Å². The largest absolute Gasteiger partial charge is 0.499 e. The van der Waals surface area contributed by atoms with Gasteiger partial charge >= 0.3 is 0 Å². The van der Waals surface area contributed by atoms with Gasteiger partial charge in [-0.15, -0.1) is 0 Å². The predicted molar refractivity (Wildman–Crippen MR) is 63.3 cm³/mol. The van der Waals surface area contributed by atoms with Crippen molar-refractivity contribution >= 4 is 5.69 Å². The van der Waals surface area contributed by atoms with Crippen molar-refractivity contribution in [3.05, 3.63) is 37.1 Å². The molecule has 0 saturated carbocycles. The van der Waals surface area contributed by atoms with Gasteiger partial charge in [-0.1, -0.05) is 18.7 Å². The molecule has 0 radical (unpaired) electrons. The van der Waals surface area contributed by atoms with Gasteiger partial charge in [0.1, 0.15) is 19.0 Å². The van der Waals surface area contributed by atoms with Crippen LogP contribution in [-0.2, 0) is 9.47 Å².